The van der Waals surface area contributed by atoms with Crippen LogP contribution in [0.25, 0.3) is 0 Å². The molecule has 1 N–H and O–H groups in total. The smallest absolute Gasteiger partial charge is 0.129 e. The Morgan fingerprint density at radius 1 is 1.37 bits per heavy atom. The minimum absolute atomic E-state index is 0.155. The van der Waals surface area contributed by atoms with E-state index in [4.69, 9.17) is 0 Å². The largest absolute Gasteiger partial charge is 0.354 e. The van der Waals surface area contributed by atoms with E-state index in [1.165, 1.54) is 24.8 Å². The molecule has 0 spiro atoms. The molecule has 0 bridgehead atoms. The molecule has 0 radical (unpaired) electrons. The van der Waals surface area contributed by atoms with Gasteiger partial charge in [0.15, 0.2) is 0 Å². The topological polar surface area (TPSA) is 28.2 Å². The Bertz CT molecular complexity index is 409. The lowest BCUT2D eigenvalue weighted by Gasteiger charge is -2.34. The fourth-order valence-electron chi connectivity index (χ4n) is 2.53. The number of aromatic nitrogens is 1. The summed E-state index contributed by atoms with van der Waals surface area (Å²) >= 11 is 0. The van der Waals surface area contributed by atoms with Crippen LogP contribution in [0, 0.1) is 0 Å². The second-order valence-corrected chi connectivity index (χ2v) is 6.66. The molecule has 19 heavy (non-hydrogen) atoms. The second kappa shape index (κ2) is 5.91. The number of hydrogen-bond donors (Lipinski definition) is 1. The Morgan fingerprint density at radius 3 is 2.84 bits per heavy atom. The number of rotatable bonds is 3. The fraction of sp³-hybridized carbons (Fsp3) is 0.688. The molecule has 3 heteroatoms. The van der Waals surface area contributed by atoms with Crippen molar-refractivity contribution in [2.45, 2.75) is 65.1 Å². The molecular weight excluding hydrogens is 234 g/mol. The van der Waals surface area contributed by atoms with Gasteiger partial charge < -0.3 is 10.2 Å². The molecule has 3 nitrogen and oxygen atoms in total. The Morgan fingerprint density at radius 2 is 2.16 bits per heavy atom. The zero-order valence-electron chi connectivity index (χ0n) is 12.7. The first-order valence-electron chi connectivity index (χ1n) is 7.42. The van der Waals surface area contributed by atoms with Crippen molar-refractivity contribution < 1.29 is 0 Å². The van der Waals surface area contributed by atoms with Crippen molar-refractivity contribution in [3.05, 3.63) is 23.9 Å². The van der Waals surface area contributed by atoms with Crippen molar-refractivity contribution in [2.75, 3.05) is 11.4 Å². The quantitative estimate of drug-likeness (QED) is 0.904. The summed E-state index contributed by atoms with van der Waals surface area (Å²) in [5, 5.41) is 3.53. The van der Waals surface area contributed by atoms with Crippen molar-refractivity contribution >= 4 is 5.82 Å². The van der Waals surface area contributed by atoms with E-state index in [0.717, 1.165) is 18.9 Å². The Balaban J connectivity index is 2.06. The highest BCUT2D eigenvalue weighted by atomic mass is 15.2. The lowest BCUT2D eigenvalue weighted by molar-refractivity contribution is 0.424. The normalized spacial score (nSPS) is 20.6. The SMILES string of the molecule is CC1CCCCN1c1cc(CNC(C)(C)C)ccn1. The van der Waals surface area contributed by atoms with Gasteiger partial charge in [0.2, 0.25) is 0 Å². The van der Waals surface area contributed by atoms with Crippen LogP contribution in [0.15, 0.2) is 18.3 Å². The molecule has 1 aromatic rings. The first-order valence-corrected chi connectivity index (χ1v) is 7.42. The van der Waals surface area contributed by atoms with Crippen LogP contribution in [0.4, 0.5) is 5.82 Å². The van der Waals surface area contributed by atoms with E-state index in [1.807, 2.05) is 6.20 Å². The van der Waals surface area contributed by atoms with Crippen molar-refractivity contribution in [1.29, 1.82) is 0 Å². The third kappa shape index (κ3) is 4.20. The highest BCUT2D eigenvalue weighted by Gasteiger charge is 2.19. The number of hydrogen-bond acceptors (Lipinski definition) is 3. The van der Waals surface area contributed by atoms with Gasteiger partial charge >= 0.3 is 0 Å². The third-order valence-corrected chi connectivity index (χ3v) is 3.73. The van der Waals surface area contributed by atoms with E-state index >= 15 is 0 Å². The van der Waals surface area contributed by atoms with Gasteiger partial charge in [0, 0.05) is 30.9 Å². The zero-order valence-corrected chi connectivity index (χ0v) is 12.7. The zero-order chi connectivity index (χ0) is 13.9. The molecular formula is C16H27N3. The minimum atomic E-state index is 0.155. The van der Waals surface area contributed by atoms with Gasteiger partial charge in [-0.25, -0.2) is 4.98 Å². The average molecular weight is 261 g/mol. The van der Waals surface area contributed by atoms with E-state index in [0.29, 0.717) is 6.04 Å². The molecule has 1 unspecified atom stereocenters. The van der Waals surface area contributed by atoms with Crippen molar-refractivity contribution in [2.24, 2.45) is 0 Å². The van der Waals surface area contributed by atoms with Crippen LogP contribution < -0.4 is 10.2 Å². The molecule has 0 aliphatic carbocycles. The summed E-state index contributed by atoms with van der Waals surface area (Å²) in [7, 11) is 0. The Kier molecular flexibility index (Phi) is 4.46. The minimum Gasteiger partial charge on any atom is -0.354 e. The highest BCUT2D eigenvalue weighted by Crippen LogP contribution is 2.23. The molecule has 1 saturated heterocycles. The van der Waals surface area contributed by atoms with Crippen LogP contribution >= 0.6 is 0 Å². The number of pyridine rings is 1. The maximum absolute atomic E-state index is 4.56. The van der Waals surface area contributed by atoms with E-state index in [9.17, 15) is 0 Å². The number of nitrogens with zero attached hydrogens (tertiary/aromatic N) is 2. The average Bonchev–Trinajstić information content (AvgIpc) is 2.36. The van der Waals surface area contributed by atoms with Crippen LogP contribution in [0.1, 0.15) is 52.5 Å². The van der Waals surface area contributed by atoms with Gasteiger partial charge in [-0.1, -0.05) is 0 Å². The van der Waals surface area contributed by atoms with Gasteiger partial charge in [0.05, 0.1) is 0 Å². The van der Waals surface area contributed by atoms with Crippen LogP contribution in [0.3, 0.4) is 0 Å². The molecule has 1 fully saturated rings. The third-order valence-electron chi connectivity index (χ3n) is 3.73. The predicted octanol–water partition coefficient (Wildman–Crippen LogP) is 3.35. The highest BCUT2D eigenvalue weighted by molar-refractivity contribution is 5.42. The van der Waals surface area contributed by atoms with Gasteiger partial charge in [-0.3, -0.25) is 0 Å². The first kappa shape index (κ1) is 14.3. The molecule has 1 atom stereocenters. The first-order chi connectivity index (χ1) is 8.96. The maximum Gasteiger partial charge on any atom is 0.129 e. The standard InChI is InChI=1S/C16H27N3/c1-13-7-5-6-10-19(13)15-11-14(8-9-17-15)12-18-16(2,3)4/h8-9,11,13,18H,5-7,10,12H2,1-4H3. The van der Waals surface area contributed by atoms with Crippen LogP contribution in [0.2, 0.25) is 0 Å². The van der Waals surface area contributed by atoms with Gasteiger partial charge in [-0.2, -0.15) is 0 Å². The lowest BCUT2D eigenvalue weighted by atomic mass is 10.0. The predicted molar refractivity (Wildman–Crippen MR) is 81.5 cm³/mol. The molecule has 0 amide bonds. The molecule has 0 saturated carbocycles. The summed E-state index contributed by atoms with van der Waals surface area (Å²) in [5.74, 6) is 1.14. The number of nitrogens with one attached hydrogen (secondary N) is 1. The summed E-state index contributed by atoms with van der Waals surface area (Å²) in [5.41, 5.74) is 1.47. The van der Waals surface area contributed by atoms with Crippen LogP contribution in [-0.4, -0.2) is 23.1 Å². The molecule has 1 aliphatic rings. The molecule has 2 rings (SSSR count). The van der Waals surface area contributed by atoms with Gasteiger partial charge in [-0.15, -0.1) is 0 Å². The molecule has 1 aliphatic heterocycles. The molecule has 1 aromatic heterocycles. The Hall–Kier alpha value is -1.09. The second-order valence-electron chi connectivity index (χ2n) is 6.66. The fourth-order valence-corrected chi connectivity index (χ4v) is 2.53. The Labute approximate surface area is 117 Å². The van der Waals surface area contributed by atoms with E-state index < -0.39 is 0 Å². The van der Waals surface area contributed by atoms with Gasteiger partial charge in [-0.05, 0) is 64.7 Å². The lowest BCUT2D eigenvalue weighted by Crippen LogP contribution is -2.38. The van der Waals surface area contributed by atoms with Gasteiger partial charge in [0.1, 0.15) is 5.82 Å². The van der Waals surface area contributed by atoms with Crippen molar-refractivity contribution in [3.63, 3.8) is 0 Å². The summed E-state index contributed by atoms with van der Waals surface area (Å²) in [4.78, 5) is 7.00. The van der Waals surface area contributed by atoms with E-state index in [2.05, 4.69) is 55.0 Å². The van der Waals surface area contributed by atoms with Crippen molar-refractivity contribution in [1.82, 2.24) is 10.3 Å². The van der Waals surface area contributed by atoms with Gasteiger partial charge in [0.25, 0.3) is 0 Å². The molecule has 106 valence electrons. The summed E-state index contributed by atoms with van der Waals surface area (Å²) in [6.07, 6.45) is 5.86. The van der Waals surface area contributed by atoms with Crippen LogP contribution in [0.5, 0.6) is 0 Å². The number of piperidine rings is 1. The summed E-state index contributed by atoms with van der Waals surface area (Å²) in [6.45, 7) is 10.9. The summed E-state index contributed by atoms with van der Waals surface area (Å²) < 4.78 is 0. The van der Waals surface area contributed by atoms with Crippen LogP contribution in [-0.2, 0) is 6.54 Å². The van der Waals surface area contributed by atoms with E-state index in [-0.39, 0.29) is 5.54 Å². The molecule has 0 aromatic carbocycles. The monoisotopic (exact) mass is 261 g/mol. The summed E-state index contributed by atoms with van der Waals surface area (Å²) in [6, 6.07) is 4.96. The maximum atomic E-state index is 4.56. The van der Waals surface area contributed by atoms with E-state index in [1.54, 1.807) is 0 Å². The number of anilines is 1. The molecule has 2 heterocycles. The van der Waals surface area contributed by atoms with Crippen molar-refractivity contribution in [3.8, 4) is 0 Å².